The number of rotatable bonds is 8. The Balaban J connectivity index is 1.45. The highest BCUT2D eigenvalue weighted by molar-refractivity contribution is 7.15. The van der Waals surface area contributed by atoms with Gasteiger partial charge in [0.25, 0.3) is 0 Å². The number of aromatic amines is 1. The van der Waals surface area contributed by atoms with Crippen LogP contribution in [-0.4, -0.2) is 37.2 Å². The van der Waals surface area contributed by atoms with Gasteiger partial charge in [-0.3, -0.25) is 19.7 Å². The zero-order chi connectivity index (χ0) is 19.1. The minimum Gasteiger partial charge on any atom is -0.309 e. The first-order valence-electron chi connectivity index (χ1n) is 8.52. The molecule has 0 bridgehead atoms. The molecule has 3 aromatic heterocycles. The van der Waals surface area contributed by atoms with E-state index in [1.165, 1.54) is 11.3 Å². The van der Waals surface area contributed by atoms with E-state index in [1.54, 1.807) is 18.5 Å². The number of carbonyl (C=O) groups excluding carboxylic acids is 2. The summed E-state index contributed by atoms with van der Waals surface area (Å²) < 4.78 is 0. The summed E-state index contributed by atoms with van der Waals surface area (Å²) in [6.07, 6.45) is 5.26. The van der Waals surface area contributed by atoms with Crippen LogP contribution in [0, 0.1) is 0 Å². The minimum atomic E-state index is -0.290. The summed E-state index contributed by atoms with van der Waals surface area (Å²) in [6, 6.07) is 5.40. The zero-order valence-electron chi connectivity index (χ0n) is 14.7. The number of aromatic nitrogens is 5. The Kier molecular flexibility index (Phi) is 6.21. The van der Waals surface area contributed by atoms with Crippen molar-refractivity contribution in [2.45, 2.75) is 32.6 Å². The summed E-state index contributed by atoms with van der Waals surface area (Å²) in [6.45, 7) is 2.05. The number of nitrogens with zero attached hydrogens (tertiary/aromatic N) is 4. The lowest BCUT2D eigenvalue weighted by molar-refractivity contribution is -0.121. The average Bonchev–Trinajstić information content (AvgIpc) is 3.31. The van der Waals surface area contributed by atoms with Crippen LogP contribution in [0.5, 0.6) is 0 Å². The van der Waals surface area contributed by atoms with Gasteiger partial charge in [-0.05, 0) is 18.6 Å². The van der Waals surface area contributed by atoms with Crippen molar-refractivity contribution in [3.05, 3.63) is 35.6 Å². The quantitative estimate of drug-likeness (QED) is 0.547. The van der Waals surface area contributed by atoms with E-state index in [0.717, 1.165) is 29.1 Å². The smallest absolute Gasteiger partial charge is 0.226 e. The number of carbonyl (C=O) groups is 2. The van der Waals surface area contributed by atoms with Crippen LogP contribution < -0.4 is 10.6 Å². The van der Waals surface area contributed by atoms with Gasteiger partial charge in [0, 0.05) is 43.3 Å². The van der Waals surface area contributed by atoms with Crippen LogP contribution in [0.4, 0.5) is 10.9 Å². The third-order valence-electron chi connectivity index (χ3n) is 3.59. The summed E-state index contributed by atoms with van der Waals surface area (Å²) in [5.41, 5.74) is 1.68. The molecule has 3 N–H and O–H groups in total. The number of nitrogens with one attached hydrogen (secondary N) is 3. The summed E-state index contributed by atoms with van der Waals surface area (Å²) in [4.78, 5) is 27.9. The maximum Gasteiger partial charge on any atom is 0.226 e. The number of hydrogen-bond donors (Lipinski definition) is 3. The minimum absolute atomic E-state index is 0.0455. The summed E-state index contributed by atoms with van der Waals surface area (Å²) >= 11 is 1.35. The van der Waals surface area contributed by atoms with Gasteiger partial charge in [0.05, 0.1) is 5.69 Å². The maximum atomic E-state index is 12.0. The monoisotopic (exact) mass is 385 g/mol. The lowest BCUT2D eigenvalue weighted by Gasteiger charge is -2.02. The van der Waals surface area contributed by atoms with Crippen molar-refractivity contribution in [2.24, 2.45) is 0 Å². The van der Waals surface area contributed by atoms with E-state index in [9.17, 15) is 9.59 Å². The Labute approximate surface area is 159 Å². The molecule has 0 unspecified atom stereocenters. The van der Waals surface area contributed by atoms with E-state index < -0.39 is 0 Å². The lowest BCUT2D eigenvalue weighted by Crippen LogP contribution is -2.17. The summed E-state index contributed by atoms with van der Waals surface area (Å²) in [5, 5.41) is 21.5. The van der Waals surface area contributed by atoms with Gasteiger partial charge < -0.3 is 10.6 Å². The second kappa shape index (κ2) is 8.99. The fourth-order valence-corrected chi connectivity index (χ4v) is 3.16. The van der Waals surface area contributed by atoms with Gasteiger partial charge in [0.15, 0.2) is 5.82 Å². The van der Waals surface area contributed by atoms with E-state index in [1.807, 2.05) is 12.1 Å². The Hall–Kier alpha value is -3.14. The normalized spacial score (nSPS) is 10.6. The molecule has 0 aliphatic heterocycles. The second-order valence-corrected chi connectivity index (χ2v) is 6.81. The first kappa shape index (κ1) is 18.6. The molecule has 0 fully saturated rings. The zero-order valence-corrected chi connectivity index (χ0v) is 15.5. The largest absolute Gasteiger partial charge is 0.309 e. The molecule has 10 heteroatoms. The Morgan fingerprint density at radius 1 is 1.11 bits per heavy atom. The van der Waals surface area contributed by atoms with Gasteiger partial charge in [0.2, 0.25) is 16.9 Å². The van der Waals surface area contributed by atoms with Crippen LogP contribution in [0.25, 0.3) is 11.3 Å². The molecule has 9 nitrogen and oxygen atoms in total. The molecule has 3 heterocycles. The number of amides is 2. The van der Waals surface area contributed by atoms with Crippen molar-refractivity contribution >= 4 is 34.1 Å². The topological polar surface area (TPSA) is 126 Å². The molecule has 0 radical (unpaired) electrons. The van der Waals surface area contributed by atoms with Crippen molar-refractivity contribution in [1.29, 1.82) is 0 Å². The van der Waals surface area contributed by atoms with E-state index in [0.29, 0.717) is 10.9 Å². The molecule has 0 saturated carbocycles. The highest BCUT2D eigenvalue weighted by Gasteiger charge is 2.12. The molecule has 0 aromatic carbocycles. The Bertz CT molecular complexity index is 907. The van der Waals surface area contributed by atoms with Crippen molar-refractivity contribution < 1.29 is 9.59 Å². The van der Waals surface area contributed by atoms with Crippen LogP contribution in [0.2, 0.25) is 0 Å². The van der Waals surface area contributed by atoms with Crippen molar-refractivity contribution in [2.75, 3.05) is 10.6 Å². The number of pyridine rings is 1. The first-order chi connectivity index (χ1) is 13.1. The fraction of sp³-hybridized carbons (Fsp3) is 0.294. The molecular weight excluding hydrogens is 366 g/mol. The fourth-order valence-electron chi connectivity index (χ4n) is 2.30. The van der Waals surface area contributed by atoms with Crippen LogP contribution in [0.3, 0.4) is 0 Å². The first-order valence-corrected chi connectivity index (χ1v) is 9.33. The molecule has 140 valence electrons. The van der Waals surface area contributed by atoms with Gasteiger partial charge in [-0.2, -0.15) is 5.10 Å². The van der Waals surface area contributed by atoms with Crippen LogP contribution >= 0.6 is 11.3 Å². The van der Waals surface area contributed by atoms with E-state index in [-0.39, 0.29) is 24.7 Å². The molecule has 0 saturated heterocycles. The molecule has 0 atom stereocenters. The Morgan fingerprint density at radius 3 is 2.59 bits per heavy atom. The molecule has 3 aromatic rings. The molecular formula is C17H19N7O2S. The average molecular weight is 385 g/mol. The lowest BCUT2D eigenvalue weighted by atomic mass is 10.2. The Morgan fingerprint density at radius 2 is 1.85 bits per heavy atom. The molecule has 2 amide bonds. The SMILES string of the molecule is CCCc1nnc(NC(=O)CCC(=O)Nc2cc(-c3ccncc3)[nH]n2)s1. The van der Waals surface area contributed by atoms with Crippen molar-refractivity contribution in [1.82, 2.24) is 25.4 Å². The molecule has 0 aliphatic rings. The molecule has 3 rings (SSSR count). The van der Waals surface area contributed by atoms with Gasteiger partial charge in [-0.1, -0.05) is 18.3 Å². The number of aryl methyl sites for hydroxylation is 1. The molecule has 0 spiro atoms. The maximum absolute atomic E-state index is 12.0. The van der Waals surface area contributed by atoms with Crippen molar-refractivity contribution in [3.8, 4) is 11.3 Å². The number of anilines is 2. The highest BCUT2D eigenvalue weighted by Crippen LogP contribution is 2.19. The van der Waals surface area contributed by atoms with Crippen molar-refractivity contribution in [3.63, 3.8) is 0 Å². The summed E-state index contributed by atoms with van der Waals surface area (Å²) in [5.74, 6) is -0.161. The highest BCUT2D eigenvalue weighted by atomic mass is 32.1. The van der Waals surface area contributed by atoms with Gasteiger partial charge >= 0.3 is 0 Å². The molecule has 0 aliphatic carbocycles. The number of hydrogen-bond acceptors (Lipinski definition) is 7. The van der Waals surface area contributed by atoms with Crippen LogP contribution in [-0.2, 0) is 16.0 Å². The summed E-state index contributed by atoms with van der Waals surface area (Å²) in [7, 11) is 0. The van der Waals surface area contributed by atoms with E-state index in [4.69, 9.17) is 0 Å². The standard InChI is InChI=1S/C17H19N7O2S/c1-2-3-16-23-24-17(27-16)20-15(26)5-4-14(25)19-13-10-12(21-22-13)11-6-8-18-9-7-11/h6-10H,2-5H2,1H3,(H,20,24,26)(H2,19,21,22,25). The van der Waals surface area contributed by atoms with E-state index >= 15 is 0 Å². The van der Waals surface area contributed by atoms with Crippen LogP contribution in [0.15, 0.2) is 30.6 Å². The van der Waals surface area contributed by atoms with Gasteiger partial charge in [-0.15, -0.1) is 10.2 Å². The van der Waals surface area contributed by atoms with Gasteiger partial charge in [0.1, 0.15) is 5.01 Å². The third-order valence-corrected chi connectivity index (χ3v) is 4.49. The molecule has 27 heavy (non-hydrogen) atoms. The predicted molar refractivity (Wildman–Crippen MR) is 102 cm³/mol. The van der Waals surface area contributed by atoms with E-state index in [2.05, 4.69) is 42.9 Å². The second-order valence-electron chi connectivity index (χ2n) is 5.75. The van der Waals surface area contributed by atoms with Gasteiger partial charge in [-0.25, -0.2) is 0 Å². The van der Waals surface area contributed by atoms with Crippen LogP contribution in [0.1, 0.15) is 31.2 Å². The third kappa shape index (κ3) is 5.42. The number of H-pyrrole nitrogens is 1. The predicted octanol–water partition coefficient (Wildman–Crippen LogP) is 2.63.